The van der Waals surface area contributed by atoms with Crippen LogP contribution in [0.3, 0.4) is 0 Å². The molecule has 0 fully saturated rings. The summed E-state index contributed by atoms with van der Waals surface area (Å²) in [4.78, 5) is 33.5. The summed E-state index contributed by atoms with van der Waals surface area (Å²) in [6, 6.07) is 6.62. The lowest BCUT2D eigenvalue weighted by atomic mass is 10.2. The van der Waals surface area contributed by atoms with E-state index in [9.17, 15) is 14.4 Å². The molecule has 0 unspecified atom stereocenters. The van der Waals surface area contributed by atoms with Crippen LogP contribution >= 0.6 is 0 Å². The third kappa shape index (κ3) is 5.96. The van der Waals surface area contributed by atoms with Gasteiger partial charge in [-0.05, 0) is 18.2 Å². The second kappa shape index (κ2) is 7.90. The van der Waals surface area contributed by atoms with Crippen molar-refractivity contribution in [3.8, 4) is 0 Å². The zero-order chi connectivity index (χ0) is 15.0. The Morgan fingerprint density at radius 2 is 1.75 bits per heavy atom. The van der Waals surface area contributed by atoms with E-state index in [1.165, 1.54) is 14.0 Å². The maximum absolute atomic E-state index is 11.5. The number of methoxy groups -OCH3 is 1. The fourth-order valence-corrected chi connectivity index (χ4v) is 1.38. The highest BCUT2D eigenvalue weighted by molar-refractivity contribution is 5.94. The second-order valence-electron chi connectivity index (χ2n) is 3.90. The van der Waals surface area contributed by atoms with Crippen molar-refractivity contribution < 1.29 is 23.9 Å². The minimum Gasteiger partial charge on any atom is -0.454 e. The van der Waals surface area contributed by atoms with Gasteiger partial charge in [-0.2, -0.15) is 0 Å². The lowest BCUT2D eigenvalue weighted by Gasteiger charge is -2.08. The summed E-state index contributed by atoms with van der Waals surface area (Å²) in [6.07, 6.45) is 0. The number of hydrogen-bond acceptors (Lipinski definition) is 5. The Morgan fingerprint density at radius 1 is 1.10 bits per heavy atom. The largest absolute Gasteiger partial charge is 0.454 e. The summed E-state index contributed by atoms with van der Waals surface area (Å²) in [6.45, 7) is 0.790. The number of carbonyl (C=O) groups excluding carboxylic acids is 3. The standard InChI is InChI=1S/C13H16N2O5/c1-9(16)14-10-4-3-5-11(6-10)15-12(17)7-20-13(18)8-19-2/h3-6H,7-8H2,1-2H3,(H,14,16)(H,15,17). The number of benzene rings is 1. The van der Waals surface area contributed by atoms with Crippen LogP contribution in [0.5, 0.6) is 0 Å². The smallest absolute Gasteiger partial charge is 0.332 e. The van der Waals surface area contributed by atoms with Crippen LogP contribution < -0.4 is 10.6 Å². The predicted molar refractivity (Wildman–Crippen MR) is 72.2 cm³/mol. The fraction of sp³-hybridized carbons (Fsp3) is 0.308. The van der Waals surface area contributed by atoms with E-state index < -0.39 is 18.5 Å². The monoisotopic (exact) mass is 280 g/mol. The number of hydrogen-bond donors (Lipinski definition) is 2. The van der Waals surface area contributed by atoms with Crippen LogP contribution in [0.4, 0.5) is 11.4 Å². The summed E-state index contributed by atoms with van der Waals surface area (Å²) in [5, 5.41) is 5.14. The van der Waals surface area contributed by atoms with E-state index in [0.717, 1.165) is 0 Å². The molecule has 20 heavy (non-hydrogen) atoms. The lowest BCUT2D eigenvalue weighted by molar-refractivity contribution is -0.150. The van der Waals surface area contributed by atoms with Crippen LogP contribution in [-0.4, -0.2) is 38.1 Å². The van der Waals surface area contributed by atoms with E-state index in [-0.39, 0.29) is 12.5 Å². The molecule has 0 saturated heterocycles. The normalized spacial score (nSPS) is 9.70. The summed E-state index contributed by atoms with van der Waals surface area (Å²) < 4.78 is 9.23. The van der Waals surface area contributed by atoms with Gasteiger partial charge in [0.15, 0.2) is 6.61 Å². The molecule has 2 N–H and O–H groups in total. The van der Waals surface area contributed by atoms with E-state index in [0.29, 0.717) is 11.4 Å². The van der Waals surface area contributed by atoms with Crippen molar-refractivity contribution in [1.82, 2.24) is 0 Å². The van der Waals surface area contributed by atoms with Crippen LogP contribution in [0.25, 0.3) is 0 Å². The van der Waals surface area contributed by atoms with Gasteiger partial charge in [-0.25, -0.2) is 4.79 Å². The van der Waals surface area contributed by atoms with Crippen LogP contribution in [0.15, 0.2) is 24.3 Å². The van der Waals surface area contributed by atoms with Crippen molar-refractivity contribution in [2.24, 2.45) is 0 Å². The first-order valence-electron chi connectivity index (χ1n) is 5.83. The van der Waals surface area contributed by atoms with Crippen molar-refractivity contribution in [1.29, 1.82) is 0 Å². The molecule has 7 heteroatoms. The molecular weight excluding hydrogens is 264 g/mol. The Morgan fingerprint density at radius 3 is 2.35 bits per heavy atom. The van der Waals surface area contributed by atoms with Crippen LogP contribution in [0.1, 0.15) is 6.92 Å². The zero-order valence-electron chi connectivity index (χ0n) is 11.3. The van der Waals surface area contributed by atoms with E-state index in [4.69, 9.17) is 0 Å². The van der Waals surface area contributed by atoms with E-state index in [1.54, 1.807) is 24.3 Å². The van der Waals surface area contributed by atoms with Crippen LogP contribution in [0, 0.1) is 0 Å². The second-order valence-corrected chi connectivity index (χ2v) is 3.90. The molecule has 1 aromatic carbocycles. The summed E-state index contributed by atoms with van der Waals surface area (Å²) in [7, 11) is 1.36. The number of ether oxygens (including phenoxy) is 2. The summed E-state index contributed by atoms with van der Waals surface area (Å²) in [5.74, 6) is -1.30. The third-order valence-corrected chi connectivity index (χ3v) is 2.09. The Kier molecular flexibility index (Phi) is 6.18. The number of rotatable bonds is 6. The quantitative estimate of drug-likeness (QED) is 0.751. The van der Waals surface area contributed by atoms with Crippen molar-refractivity contribution in [3.63, 3.8) is 0 Å². The van der Waals surface area contributed by atoms with E-state index >= 15 is 0 Å². The average Bonchev–Trinajstić information content (AvgIpc) is 2.36. The SMILES string of the molecule is COCC(=O)OCC(=O)Nc1cccc(NC(C)=O)c1. The van der Waals surface area contributed by atoms with Gasteiger partial charge in [-0.3, -0.25) is 9.59 Å². The van der Waals surface area contributed by atoms with Gasteiger partial charge >= 0.3 is 5.97 Å². The Labute approximate surface area is 116 Å². The molecule has 1 rings (SSSR count). The minimum absolute atomic E-state index is 0.203. The number of carbonyl (C=O) groups is 3. The van der Waals surface area contributed by atoms with Gasteiger partial charge in [0, 0.05) is 25.4 Å². The predicted octanol–water partition coefficient (Wildman–Crippen LogP) is 0.773. The van der Waals surface area contributed by atoms with E-state index in [1.807, 2.05) is 0 Å². The summed E-state index contributed by atoms with van der Waals surface area (Å²) in [5.41, 5.74) is 1.05. The molecule has 2 amide bonds. The topological polar surface area (TPSA) is 93.7 Å². The number of nitrogens with one attached hydrogen (secondary N) is 2. The average molecular weight is 280 g/mol. The number of anilines is 2. The van der Waals surface area contributed by atoms with Crippen molar-refractivity contribution in [2.75, 3.05) is 31.0 Å². The first-order chi connectivity index (χ1) is 9.51. The first kappa shape index (κ1) is 15.6. The molecule has 0 bridgehead atoms. The van der Waals surface area contributed by atoms with Crippen LogP contribution in [-0.2, 0) is 23.9 Å². The highest BCUT2D eigenvalue weighted by Crippen LogP contribution is 2.14. The van der Waals surface area contributed by atoms with E-state index in [2.05, 4.69) is 20.1 Å². The van der Waals surface area contributed by atoms with Gasteiger partial charge in [-0.15, -0.1) is 0 Å². The molecule has 7 nitrogen and oxygen atoms in total. The molecule has 0 heterocycles. The Bertz CT molecular complexity index is 501. The maximum atomic E-state index is 11.5. The van der Waals surface area contributed by atoms with Gasteiger partial charge in [0.25, 0.3) is 5.91 Å². The minimum atomic E-state index is -0.616. The van der Waals surface area contributed by atoms with Crippen molar-refractivity contribution in [2.45, 2.75) is 6.92 Å². The highest BCUT2D eigenvalue weighted by Gasteiger charge is 2.07. The molecular formula is C13H16N2O5. The maximum Gasteiger partial charge on any atom is 0.332 e. The molecule has 0 saturated carbocycles. The molecule has 0 aliphatic heterocycles. The number of amides is 2. The molecule has 0 spiro atoms. The first-order valence-corrected chi connectivity index (χ1v) is 5.83. The molecule has 0 radical (unpaired) electrons. The molecule has 0 aliphatic rings. The van der Waals surface area contributed by atoms with Gasteiger partial charge in [0.05, 0.1) is 0 Å². The van der Waals surface area contributed by atoms with Gasteiger partial charge in [-0.1, -0.05) is 6.07 Å². The fourth-order valence-electron chi connectivity index (χ4n) is 1.38. The van der Waals surface area contributed by atoms with Gasteiger partial charge < -0.3 is 20.1 Å². The Balaban J connectivity index is 2.49. The Hall–Kier alpha value is -2.41. The molecule has 1 aromatic rings. The molecule has 0 atom stereocenters. The number of esters is 1. The zero-order valence-corrected chi connectivity index (χ0v) is 11.3. The lowest BCUT2D eigenvalue weighted by Crippen LogP contribution is -2.22. The third-order valence-electron chi connectivity index (χ3n) is 2.09. The van der Waals surface area contributed by atoms with Crippen molar-refractivity contribution in [3.05, 3.63) is 24.3 Å². The molecule has 0 aliphatic carbocycles. The van der Waals surface area contributed by atoms with Gasteiger partial charge in [0.1, 0.15) is 6.61 Å². The van der Waals surface area contributed by atoms with Gasteiger partial charge in [0.2, 0.25) is 5.91 Å². The van der Waals surface area contributed by atoms with Crippen LogP contribution in [0.2, 0.25) is 0 Å². The molecule has 0 aromatic heterocycles. The molecule has 108 valence electrons. The highest BCUT2D eigenvalue weighted by atomic mass is 16.6. The van der Waals surface area contributed by atoms with Crippen molar-refractivity contribution >= 4 is 29.2 Å². The summed E-state index contributed by atoms with van der Waals surface area (Å²) >= 11 is 0.